The number of carbonyl (C=O) groups is 4. The van der Waals surface area contributed by atoms with Crippen LogP contribution in [0.2, 0.25) is 5.02 Å². The maximum absolute atomic E-state index is 13.0. The van der Waals surface area contributed by atoms with Crippen LogP contribution >= 0.6 is 11.6 Å². The van der Waals surface area contributed by atoms with E-state index in [1.807, 2.05) is 18.7 Å². The van der Waals surface area contributed by atoms with Gasteiger partial charge in [0, 0.05) is 64.0 Å². The highest BCUT2D eigenvalue weighted by atomic mass is 35.5. The van der Waals surface area contributed by atoms with Gasteiger partial charge in [0.15, 0.2) is 0 Å². The lowest BCUT2D eigenvalue weighted by Crippen LogP contribution is -2.55. The zero-order valence-corrected chi connectivity index (χ0v) is 24.7. The molecule has 0 radical (unpaired) electrons. The smallest absolute Gasteiger partial charge is 0.328 e. The Balaban J connectivity index is 0.000000642. The summed E-state index contributed by atoms with van der Waals surface area (Å²) < 4.78 is 11.1. The Kier molecular flexibility index (Phi) is 13.4. The van der Waals surface area contributed by atoms with Crippen molar-refractivity contribution in [2.24, 2.45) is 11.8 Å². The number of anilines is 1. The third-order valence-corrected chi connectivity index (χ3v) is 7.46. The minimum Gasteiger partial charge on any atom is -0.496 e. The summed E-state index contributed by atoms with van der Waals surface area (Å²) in [6.07, 6.45) is 3.86. The molecule has 1 aromatic carbocycles. The molecule has 2 saturated heterocycles. The molecule has 2 heterocycles. The summed E-state index contributed by atoms with van der Waals surface area (Å²) in [6, 6.07) is 3.00. The summed E-state index contributed by atoms with van der Waals surface area (Å²) in [7, 11) is 3.18. The predicted molar refractivity (Wildman–Crippen MR) is 154 cm³/mol. The number of likely N-dealkylation sites (tertiary alicyclic amines) is 2. The molecule has 13 heteroatoms. The molecule has 2 unspecified atom stereocenters. The molecular weight excluding hydrogens is 556 g/mol. The number of methoxy groups -OCH3 is 2. The molecule has 0 aliphatic carbocycles. The Morgan fingerprint density at radius 3 is 2.20 bits per heavy atom. The number of aliphatic carboxylic acids is 2. The maximum Gasteiger partial charge on any atom is 0.328 e. The van der Waals surface area contributed by atoms with Crippen molar-refractivity contribution in [3.05, 3.63) is 34.9 Å². The average molecular weight is 597 g/mol. The average Bonchev–Trinajstić information content (AvgIpc) is 2.94. The van der Waals surface area contributed by atoms with E-state index in [-0.39, 0.29) is 29.9 Å². The van der Waals surface area contributed by atoms with Gasteiger partial charge in [0.05, 0.1) is 35.5 Å². The second-order valence-corrected chi connectivity index (χ2v) is 10.8. The monoisotopic (exact) mass is 596 g/mol. The van der Waals surface area contributed by atoms with Crippen molar-refractivity contribution in [2.75, 3.05) is 52.7 Å². The molecule has 2 amide bonds. The SMILES string of the molecule is COc1cc(N)c(Cl)cc1C(=O)NC1CCN(CC2CCN(C(=O)C(C)C)CC2)CC1OC.O=C(O)C=CC(=O)O. The summed E-state index contributed by atoms with van der Waals surface area (Å²) >= 11 is 6.13. The Bertz CT molecular complexity index is 1090. The third-order valence-electron chi connectivity index (χ3n) is 7.13. The molecule has 12 nitrogen and oxygen atoms in total. The van der Waals surface area contributed by atoms with Crippen molar-refractivity contribution < 1.29 is 38.9 Å². The molecular formula is C28H41ClN4O8. The molecule has 0 spiro atoms. The van der Waals surface area contributed by atoms with Gasteiger partial charge in [-0.1, -0.05) is 25.4 Å². The fourth-order valence-corrected chi connectivity index (χ4v) is 5.08. The largest absolute Gasteiger partial charge is 0.496 e. The number of carboxylic acids is 2. The van der Waals surface area contributed by atoms with E-state index in [1.54, 1.807) is 19.2 Å². The number of piperidine rings is 2. The Labute approximate surface area is 245 Å². The lowest BCUT2D eigenvalue weighted by Gasteiger charge is -2.41. The third kappa shape index (κ3) is 10.5. The fraction of sp³-hybridized carbons (Fsp3) is 0.571. The number of nitrogen functional groups attached to an aromatic ring is 1. The molecule has 2 atom stereocenters. The van der Waals surface area contributed by atoms with Gasteiger partial charge in [-0.25, -0.2) is 9.59 Å². The van der Waals surface area contributed by atoms with Gasteiger partial charge in [0.25, 0.3) is 5.91 Å². The number of rotatable bonds is 9. The second kappa shape index (κ2) is 16.2. The summed E-state index contributed by atoms with van der Waals surface area (Å²) in [5, 5.41) is 19.0. The summed E-state index contributed by atoms with van der Waals surface area (Å²) in [4.78, 5) is 48.7. The van der Waals surface area contributed by atoms with Gasteiger partial charge in [-0.2, -0.15) is 0 Å². The van der Waals surface area contributed by atoms with E-state index in [0.29, 0.717) is 40.1 Å². The maximum atomic E-state index is 13.0. The number of nitrogens with one attached hydrogen (secondary N) is 1. The Morgan fingerprint density at radius 2 is 1.68 bits per heavy atom. The number of benzene rings is 1. The van der Waals surface area contributed by atoms with E-state index in [1.165, 1.54) is 7.11 Å². The molecule has 41 heavy (non-hydrogen) atoms. The number of nitrogens with zero attached hydrogens (tertiary/aromatic N) is 2. The molecule has 0 saturated carbocycles. The minimum absolute atomic E-state index is 0.0579. The van der Waals surface area contributed by atoms with Crippen LogP contribution in [-0.4, -0.2) is 103 Å². The van der Waals surface area contributed by atoms with Crippen LogP contribution in [0.4, 0.5) is 5.69 Å². The van der Waals surface area contributed by atoms with Crippen molar-refractivity contribution in [1.29, 1.82) is 0 Å². The van der Waals surface area contributed by atoms with Crippen LogP contribution in [0.5, 0.6) is 5.75 Å². The first kappa shape index (κ1) is 33.9. The molecule has 0 aromatic heterocycles. The molecule has 1 aromatic rings. The zero-order chi connectivity index (χ0) is 30.7. The number of hydrogen-bond acceptors (Lipinski definition) is 8. The van der Waals surface area contributed by atoms with E-state index in [9.17, 15) is 19.2 Å². The molecule has 2 aliphatic heterocycles. The highest BCUT2D eigenvalue weighted by molar-refractivity contribution is 6.33. The van der Waals surface area contributed by atoms with Crippen LogP contribution in [0.3, 0.4) is 0 Å². The van der Waals surface area contributed by atoms with Gasteiger partial charge in [0.2, 0.25) is 5.91 Å². The molecule has 2 aliphatic rings. The molecule has 5 N–H and O–H groups in total. The van der Waals surface area contributed by atoms with E-state index >= 15 is 0 Å². The number of carboxylic acid groups (broad SMARTS) is 2. The minimum atomic E-state index is -1.26. The second-order valence-electron chi connectivity index (χ2n) is 10.4. The van der Waals surface area contributed by atoms with Crippen LogP contribution in [-0.2, 0) is 19.1 Å². The molecule has 2 fully saturated rings. The van der Waals surface area contributed by atoms with Crippen molar-refractivity contribution in [1.82, 2.24) is 15.1 Å². The quantitative estimate of drug-likeness (QED) is 0.245. The van der Waals surface area contributed by atoms with Gasteiger partial charge in [-0.3, -0.25) is 9.59 Å². The lowest BCUT2D eigenvalue weighted by molar-refractivity contribution is -0.136. The standard InChI is InChI=1S/C24H37ClN4O4.C4H4O4/c1-15(2)24(31)29-9-5-16(6-10-29)13-28-8-7-20(22(14-28)33-4)27-23(30)17-11-18(25)19(26)12-21(17)32-3;5-3(6)1-2-4(7)8/h11-12,15-16,20,22H,5-10,13-14,26H2,1-4H3,(H,27,30);1-2H,(H,5,6)(H,7,8). The predicted octanol–water partition coefficient (Wildman–Crippen LogP) is 2.36. The molecule has 3 rings (SSSR count). The molecule has 0 bridgehead atoms. The summed E-state index contributed by atoms with van der Waals surface area (Å²) in [6.45, 7) is 8.23. The highest BCUT2D eigenvalue weighted by Crippen LogP contribution is 2.29. The fourth-order valence-electron chi connectivity index (χ4n) is 4.92. The van der Waals surface area contributed by atoms with Crippen LogP contribution in [0, 0.1) is 11.8 Å². The van der Waals surface area contributed by atoms with E-state index in [0.717, 1.165) is 52.0 Å². The number of halogens is 1. The Hall–Kier alpha value is -3.35. The van der Waals surface area contributed by atoms with E-state index in [4.69, 9.17) is 37.0 Å². The number of carbonyl (C=O) groups excluding carboxylic acids is 2. The van der Waals surface area contributed by atoms with Gasteiger partial charge >= 0.3 is 11.9 Å². The summed E-state index contributed by atoms with van der Waals surface area (Å²) in [5.74, 6) is -1.49. The van der Waals surface area contributed by atoms with Gasteiger partial charge < -0.3 is 40.5 Å². The van der Waals surface area contributed by atoms with Gasteiger partial charge in [-0.05, 0) is 31.2 Å². The van der Waals surface area contributed by atoms with E-state index < -0.39 is 11.9 Å². The van der Waals surface area contributed by atoms with Gasteiger partial charge in [-0.15, -0.1) is 0 Å². The molecule has 228 valence electrons. The van der Waals surface area contributed by atoms with Crippen LogP contribution in [0.25, 0.3) is 0 Å². The van der Waals surface area contributed by atoms with E-state index in [2.05, 4.69) is 10.2 Å². The van der Waals surface area contributed by atoms with Crippen molar-refractivity contribution in [3.63, 3.8) is 0 Å². The first-order chi connectivity index (χ1) is 19.4. The van der Waals surface area contributed by atoms with Crippen molar-refractivity contribution in [3.8, 4) is 5.75 Å². The number of nitrogens with two attached hydrogens (primary N) is 1. The highest BCUT2D eigenvalue weighted by Gasteiger charge is 2.33. The first-order valence-electron chi connectivity index (χ1n) is 13.5. The van der Waals surface area contributed by atoms with Crippen LogP contribution in [0.15, 0.2) is 24.3 Å². The Morgan fingerprint density at radius 1 is 1.07 bits per heavy atom. The van der Waals surface area contributed by atoms with Crippen LogP contribution < -0.4 is 15.8 Å². The number of amides is 2. The van der Waals surface area contributed by atoms with Crippen molar-refractivity contribution in [2.45, 2.75) is 45.3 Å². The normalized spacial score (nSPS) is 19.9. The first-order valence-corrected chi connectivity index (χ1v) is 13.9. The van der Waals surface area contributed by atoms with Crippen LogP contribution in [0.1, 0.15) is 43.5 Å². The zero-order valence-electron chi connectivity index (χ0n) is 24.0. The summed E-state index contributed by atoms with van der Waals surface area (Å²) in [5.41, 5.74) is 6.56. The number of hydrogen-bond donors (Lipinski definition) is 4. The lowest BCUT2D eigenvalue weighted by atomic mass is 9.93. The number of ether oxygens (including phenoxy) is 2. The van der Waals surface area contributed by atoms with Gasteiger partial charge in [0.1, 0.15) is 5.75 Å². The topological polar surface area (TPSA) is 172 Å². The van der Waals surface area contributed by atoms with Crippen molar-refractivity contribution >= 4 is 41.0 Å².